The summed E-state index contributed by atoms with van der Waals surface area (Å²) in [5.41, 5.74) is 8.42. The number of imidazole rings is 1. The average Bonchev–Trinajstić information content (AvgIpc) is 3.04. The number of aromatic nitrogens is 2. The van der Waals surface area contributed by atoms with Gasteiger partial charge in [-0.25, -0.2) is 9.66 Å². The van der Waals surface area contributed by atoms with Crippen molar-refractivity contribution < 1.29 is 9.53 Å². The first kappa shape index (κ1) is 20.5. The summed E-state index contributed by atoms with van der Waals surface area (Å²) in [6.07, 6.45) is 1.89. The highest BCUT2D eigenvalue weighted by Gasteiger charge is 2.24. The fraction of sp³-hybridized carbons (Fsp3) is 0.333. The van der Waals surface area contributed by atoms with Crippen LogP contribution in [0.4, 0.5) is 0 Å². The summed E-state index contributed by atoms with van der Waals surface area (Å²) in [5, 5.41) is 0.593. The number of hydrogen-bond donors (Lipinski definition) is 1. The van der Waals surface area contributed by atoms with Gasteiger partial charge in [0.15, 0.2) is 5.82 Å². The second kappa shape index (κ2) is 8.15. The van der Waals surface area contributed by atoms with Crippen LogP contribution in [-0.4, -0.2) is 22.2 Å². The van der Waals surface area contributed by atoms with Crippen molar-refractivity contribution >= 4 is 17.5 Å². The van der Waals surface area contributed by atoms with E-state index in [2.05, 4.69) is 19.3 Å². The minimum atomic E-state index is -0.173. The van der Waals surface area contributed by atoms with Crippen LogP contribution in [0.5, 0.6) is 5.75 Å². The lowest BCUT2D eigenvalue weighted by atomic mass is 9.96. The Labute approximate surface area is 182 Å². The average molecular weight is 424 g/mol. The summed E-state index contributed by atoms with van der Waals surface area (Å²) >= 11 is 6.45. The van der Waals surface area contributed by atoms with Crippen LogP contribution in [0.25, 0.3) is 11.4 Å². The molecule has 1 N–H and O–H groups in total. The van der Waals surface area contributed by atoms with Crippen molar-refractivity contribution in [2.24, 2.45) is 0 Å². The fourth-order valence-corrected chi connectivity index (χ4v) is 4.39. The second-order valence-corrected chi connectivity index (χ2v) is 8.39. The van der Waals surface area contributed by atoms with Crippen LogP contribution < -0.4 is 10.2 Å². The first-order valence-electron chi connectivity index (χ1n) is 10.3. The molecule has 0 saturated heterocycles. The number of fused-ring (bicyclic) bond motifs is 1. The van der Waals surface area contributed by atoms with Gasteiger partial charge in [-0.2, -0.15) is 0 Å². The summed E-state index contributed by atoms with van der Waals surface area (Å²) in [7, 11) is 0. The molecule has 0 aliphatic carbocycles. The summed E-state index contributed by atoms with van der Waals surface area (Å²) < 4.78 is 7.53. The molecule has 6 heteroatoms. The topological polar surface area (TPSA) is 56.2 Å². The number of aryl methyl sites for hydroxylation is 1. The first-order chi connectivity index (χ1) is 14.4. The number of nitrogens with one attached hydrogen (secondary N) is 1. The van der Waals surface area contributed by atoms with Gasteiger partial charge in [0, 0.05) is 11.1 Å². The smallest absolute Gasteiger partial charge is 0.270 e. The lowest BCUT2D eigenvalue weighted by Gasteiger charge is -2.22. The Kier molecular flexibility index (Phi) is 5.56. The van der Waals surface area contributed by atoms with Crippen molar-refractivity contribution in [1.82, 2.24) is 9.66 Å². The number of benzene rings is 2. The van der Waals surface area contributed by atoms with E-state index in [1.54, 1.807) is 4.68 Å². The molecule has 0 saturated carbocycles. The van der Waals surface area contributed by atoms with Crippen LogP contribution >= 0.6 is 11.6 Å². The number of halogens is 1. The van der Waals surface area contributed by atoms with Gasteiger partial charge < -0.3 is 4.74 Å². The molecule has 30 heavy (non-hydrogen) atoms. The highest BCUT2D eigenvalue weighted by molar-refractivity contribution is 6.33. The van der Waals surface area contributed by atoms with Gasteiger partial charge in [0.25, 0.3) is 5.91 Å². The Hall–Kier alpha value is -2.79. The van der Waals surface area contributed by atoms with Crippen molar-refractivity contribution in [2.75, 3.05) is 12.0 Å². The van der Waals surface area contributed by atoms with Crippen molar-refractivity contribution in [3.8, 4) is 17.1 Å². The lowest BCUT2D eigenvalue weighted by Crippen LogP contribution is -2.27. The van der Waals surface area contributed by atoms with Crippen LogP contribution in [0, 0.1) is 13.8 Å². The third kappa shape index (κ3) is 3.58. The molecule has 0 unspecified atom stereocenters. The third-order valence-corrected chi connectivity index (χ3v) is 5.93. The van der Waals surface area contributed by atoms with Gasteiger partial charge in [0.05, 0.1) is 23.0 Å². The van der Waals surface area contributed by atoms with Gasteiger partial charge in [-0.1, -0.05) is 37.6 Å². The number of nitrogens with zero attached hydrogens (tertiary/aromatic N) is 2. The van der Waals surface area contributed by atoms with Gasteiger partial charge in [-0.15, -0.1) is 0 Å². The molecule has 1 aliphatic heterocycles. The number of carbonyl (C=O) groups is 1. The SMILES string of the molecule is Cc1nc(-c2ccccc2Cl)n(NC(=O)c2ccc3c(c2C)CCCO3)c1C(C)C. The minimum absolute atomic E-state index is 0.173. The molecule has 3 aromatic rings. The molecular weight excluding hydrogens is 398 g/mol. The van der Waals surface area contributed by atoms with Gasteiger partial charge >= 0.3 is 0 Å². The number of hydrogen-bond acceptors (Lipinski definition) is 3. The number of ether oxygens (including phenoxy) is 1. The molecule has 1 aliphatic rings. The summed E-state index contributed by atoms with van der Waals surface area (Å²) in [4.78, 5) is 18.1. The maximum Gasteiger partial charge on any atom is 0.270 e. The van der Waals surface area contributed by atoms with Crippen LogP contribution in [0.1, 0.15) is 59.1 Å². The van der Waals surface area contributed by atoms with Crippen LogP contribution in [0.3, 0.4) is 0 Å². The zero-order valence-electron chi connectivity index (χ0n) is 17.8. The predicted molar refractivity (Wildman–Crippen MR) is 120 cm³/mol. The highest BCUT2D eigenvalue weighted by atomic mass is 35.5. The van der Waals surface area contributed by atoms with Gasteiger partial charge in [-0.05, 0) is 68.0 Å². The van der Waals surface area contributed by atoms with E-state index < -0.39 is 0 Å². The molecule has 1 aromatic heterocycles. The summed E-state index contributed by atoms with van der Waals surface area (Å²) in [6.45, 7) is 8.85. The quantitative estimate of drug-likeness (QED) is 0.589. The van der Waals surface area contributed by atoms with Crippen molar-refractivity contribution in [3.63, 3.8) is 0 Å². The number of amides is 1. The molecule has 0 radical (unpaired) electrons. The third-order valence-electron chi connectivity index (χ3n) is 5.60. The Morgan fingerprint density at radius 1 is 1.20 bits per heavy atom. The molecule has 0 spiro atoms. The normalized spacial score (nSPS) is 13.1. The Morgan fingerprint density at radius 2 is 1.97 bits per heavy atom. The molecule has 156 valence electrons. The van der Waals surface area contributed by atoms with Crippen LogP contribution in [0.2, 0.25) is 5.02 Å². The molecule has 2 heterocycles. The van der Waals surface area contributed by atoms with Crippen molar-refractivity contribution in [3.05, 3.63) is 69.5 Å². The zero-order chi connectivity index (χ0) is 21.4. The van der Waals surface area contributed by atoms with E-state index in [-0.39, 0.29) is 11.8 Å². The monoisotopic (exact) mass is 423 g/mol. The minimum Gasteiger partial charge on any atom is -0.493 e. The van der Waals surface area contributed by atoms with E-state index in [1.807, 2.05) is 50.2 Å². The van der Waals surface area contributed by atoms with Crippen molar-refractivity contribution in [2.45, 2.75) is 46.5 Å². The van der Waals surface area contributed by atoms with Gasteiger partial charge in [-0.3, -0.25) is 10.2 Å². The molecule has 1 amide bonds. The second-order valence-electron chi connectivity index (χ2n) is 7.98. The van der Waals surface area contributed by atoms with E-state index in [1.165, 1.54) is 0 Å². The largest absolute Gasteiger partial charge is 0.493 e. The van der Waals surface area contributed by atoms with E-state index in [4.69, 9.17) is 21.3 Å². The molecule has 0 bridgehead atoms. The van der Waals surface area contributed by atoms with Gasteiger partial charge in [0.2, 0.25) is 0 Å². The number of carbonyl (C=O) groups excluding carboxylic acids is 1. The van der Waals surface area contributed by atoms with Gasteiger partial charge in [0.1, 0.15) is 5.75 Å². The highest BCUT2D eigenvalue weighted by Crippen LogP contribution is 2.32. The van der Waals surface area contributed by atoms with E-state index in [0.29, 0.717) is 16.4 Å². The maximum atomic E-state index is 13.3. The van der Waals surface area contributed by atoms with Crippen LogP contribution in [-0.2, 0) is 6.42 Å². The predicted octanol–water partition coefficient (Wildman–Crippen LogP) is 5.65. The Bertz CT molecular complexity index is 1120. The summed E-state index contributed by atoms with van der Waals surface area (Å²) in [5.74, 6) is 1.52. The number of rotatable bonds is 4. The zero-order valence-corrected chi connectivity index (χ0v) is 18.5. The van der Waals surface area contributed by atoms with E-state index in [0.717, 1.165) is 53.3 Å². The summed E-state index contributed by atoms with van der Waals surface area (Å²) in [6, 6.07) is 11.3. The Balaban J connectivity index is 1.78. The molecule has 0 fully saturated rings. The molecule has 0 atom stereocenters. The molecular formula is C24H26ClN3O2. The first-order valence-corrected chi connectivity index (χ1v) is 10.7. The molecule has 5 nitrogen and oxygen atoms in total. The Morgan fingerprint density at radius 3 is 2.70 bits per heavy atom. The van der Waals surface area contributed by atoms with Crippen molar-refractivity contribution in [1.29, 1.82) is 0 Å². The van der Waals surface area contributed by atoms with E-state index >= 15 is 0 Å². The van der Waals surface area contributed by atoms with E-state index in [9.17, 15) is 4.79 Å². The lowest BCUT2D eigenvalue weighted by molar-refractivity contribution is 0.101. The van der Waals surface area contributed by atoms with Crippen LogP contribution in [0.15, 0.2) is 36.4 Å². The molecule has 4 rings (SSSR count). The standard InChI is InChI=1S/C24H26ClN3O2/c1-14(2)22-16(4)26-23(19-8-5-6-10-20(19)25)28(22)27-24(29)18-11-12-21-17(15(18)3)9-7-13-30-21/h5-6,8,10-12,14H,7,9,13H2,1-4H3,(H,27,29). The fourth-order valence-electron chi connectivity index (χ4n) is 4.17. The molecule has 2 aromatic carbocycles. The maximum absolute atomic E-state index is 13.3.